The summed E-state index contributed by atoms with van der Waals surface area (Å²) < 4.78 is 10.4. The Labute approximate surface area is 537 Å². The quantitative estimate of drug-likeness (QED) is 0.244. The van der Waals surface area contributed by atoms with E-state index in [1.807, 2.05) is 111 Å². The average Bonchev–Trinajstić information content (AvgIpc) is 4.38. The minimum atomic E-state index is 0. The lowest BCUT2D eigenvalue weighted by molar-refractivity contribution is 0.0238. The molecule has 0 amide bonds. The van der Waals surface area contributed by atoms with Crippen LogP contribution < -0.4 is 10.6 Å². The minimum Gasteiger partial charge on any atom is -0.379 e. The standard InChI is InChI=1S/2C8H17N.C7H16N2.C7H15NO.C7H15N.C7H14.C6H14N2.C6H13NO.8C2H6.CH4/c2*1-8(2)9-6-4-3-5-7-9;1-7(2)9-5-3-8-4-6-9;1-7(2)8-3-5-9-6-4-8;1-7(2)8-5-3-4-6-8;1-6(2)7-4-3-5-7;1-6(2)8-4-3-7-5-8;1-6(2)7-3-4-8-5-7;8*1-2;/h2*8H,3-7H2,1-2H3;7-8H,3-6H2,1-2H3;7H,3-6H2,1-2H3;7H,3-6H2,1-2H3;6-7H,3-5H2,1-2H3;6-7H,3-5H2,1-2H3;6H,3-5H2,1-2H3;8*1-2H3;1H4. The molecular weight excluding hydrogens is 1030 g/mol. The fraction of sp³-hybridized carbons (Fsp3) is 1.00. The van der Waals surface area contributed by atoms with Crippen LogP contribution >= 0.6 is 0 Å². The first kappa shape index (κ1) is 102. The predicted molar refractivity (Wildman–Crippen MR) is 391 cm³/mol. The zero-order valence-electron chi connectivity index (χ0n) is 64.1. The molecule has 11 nitrogen and oxygen atoms in total. The lowest BCUT2D eigenvalue weighted by atomic mass is 9.78. The molecule has 1 saturated carbocycles. The van der Waals surface area contributed by atoms with E-state index in [9.17, 15) is 0 Å². The van der Waals surface area contributed by atoms with Gasteiger partial charge in [-0.05, 0) is 187 Å². The van der Waals surface area contributed by atoms with Crippen LogP contribution in [-0.4, -0.2) is 208 Å². The molecule has 0 spiro atoms. The first-order chi connectivity index (χ1) is 39.9. The first-order valence-electron chi connectivity index (χ1n) is 36.7. The van der Waals surface area contributed by atoms with Gasteiger partial charge in [0.2, 0.25) is 0 Å². The maximum absolute atomic E-state index is 5.21. The maximum atomic E-state index is 5.21. The molecule has 0 aromatic rings. The van der Waals surface area contributed by atoms with E-state index in [0.29, 0.717) is 18.1 Å². The fourth-order valence-electron chi connectivity index (χ4n) is 9.33. The molecule has 0 atom stereocenters. The van der Waals surface area contributed by atoms with Crippen molar-refractivity contribution in [3.8, 4) is 0 Å². The van der Waals surface area contributed by atoms with Gasteiger partial charge in [0.15, 0.2) is 0 Å². The Morgan fingerprint density at radius 1 is 0.274 bits per heavy atom. The van der Waals surface area contributed by atoms with Gasteiger partial charge in [0, 0.05) is 108 Å². The van der Waals surface area contributed by atoms with E-state index >= 15 is 0 Å². The van der Waals surface area contributed by atoms with E-state index in [4.69, 9.17) is 9.47 Å². The third kappa shape index (κ3) is 64.5. The van der Waals surface area contributed by atoms with Crippen molar-refractivity contribution in [3.05, 3.63) is 0 Å². The van der Waals surface area contributed by atoms with Gasteiger partial charge < -0.3 is 34.8 Å². The number of rotatable bonds is 8. The molecule has 1 aliphatic carbocycles. The normalized spacial score (nSPS) is 18.9. The highest BCUT2D eigenvalue weighted by Crippen LogP contribution is 2.32. The highest BCUT2D eigenvalue weighted by Gasteiger charge is 2.20. The van der Waals surface area contributed by atoms with Crippen LogP contribution in [0.25, 0.3) is 0 Å². The Balaban J connectivity index is -0.000000105. The number of nitrogens with one attached hydrogen (secondary N) is 2. The van der Waals surface area contributed by atoms with E-state index in [1.165, 1.54) is 130 Å². The Kier molecular flexibility index (Phi) is 98.3. The Morgan fingerprint density at radius 3 is 0.690 bits per heavy atom. The van der Waals surface area contributed by atoms with Crippen LogP contribution in [0.2, 0.25) is 0 Å². The van der Waals surface area contributed by atoms with Crippen LogP contribution in [0.15, 0.2) is 0 Å². The fourth-order valence-corrected chi connectivity index (χ4v) is 9.33. The highest BCUT2D eigenvalue weighted by molar-refractivity contribution is 4.73. The first-order valence-corrected chi connectivity index (χ1v) is 36.7. The molecule has 0 unspecified atom stereocenters. The monoisotopic (exact) mass is 1210 g/mol. The number of ether oxygens (including phenoxy) is 2. The molecule has 7 heterocycles. The Bertz CT molecular complexity index is 915. The van der Waals surface area contributed by atoms with Crippen LogP contribution in [0.5, 0.6) is 0 Å². The van der Waals surface area contributed by atoms with Crippen molar-refractivity contribution in [3.63, 3.8) is 0 Å². The zero-order valence-corrected chi connectivity index (χ0v) is 64.1. The number of morpholine rings is 1. The molecular formula is C73H173N9O2. The number of hydrogen-bond donors (Lipinski definition) is 2. The number of piperazine rings is 1. The van der Waals surface area contributed by atoms with Crippen LogP contribution in [-0.2, 0) is 9.47 Å². The lowest BCUT2D eigenvalue weighted by Gasteiger charge is -2.30. The molecule has 7 aliphatic heterocycles. The van der Waals surface area contributed by atoms with Gasteiger partial charge in [-0.1, -0.05) is 164 Å². The predicted octanol–water partition coefficient (Wildman–Crippen LogP) is 18.5. The van der Waals surface area contributed by atoms with Gasteiger partial charge in [-0.15, -0.1) is 0 Å². The number of piperidine rings is 2. The third-order valence-electron chi connectivity index (χ3n) is 15.0. The smallest absolute Gasteiger partial charge is 0.0993 e. The van der Waals surface area contributed by atoms with Crippen LogP contribution in [0.3, 0.4) is 0 Å². The lowest BCUT2D eigenvalue weighted by Crippen LogP contribution is -2.46. The van der Waals surface area contributed by atoms with Crippen molar-refractivity contribution in [1.29, 1.82) is 0 Å². The van der Waals surface area contributed by atoms with Gasteiger partial charge in [-0.3, -0.25) is 19.6 Å². The van der Waals surface area contributed by atoms with Gasteiger partial charge >= 0.3 is 0 Å². The van der Waals surface area contributed by atoms with Crippen molar-refractivity contribution in [1.82, 2.24) is 44.9 Å². The summed E-state index contributed by atoms with van der Waals surface area (Å²) >= 11 is 0. The number of likely N-dealkylation sites (tertiary alicyclic amines) is 3. The van der Waals surface area contributed by atoms with E-state index in [1.54, 1.807) is 0 Å². The Morgan fingerprint density at radius 2 is 0.524 bits per heavy atom. The molecule has 8 fully saturated rings. The summed E-state index contributed by atoms with van der Waals surface area (Å²) in [6.07, 6.45) is 15.9. The molecule has 7 saturated heterocycles. The molecule has 8 aliphatic rings. The average molecular weight is 1210 g/mol. The van der Waals surface area contributed by atoms with Crippen molar-refractivity contribution >= 4 is 0 Å². The molecule has 0 radical (unpaired) electrons. The summed E-state index contributed by atoms with van der Waals surface area (Å²) in [7, 11) is 0. The second-order valence-corrected chi connectivity index (χ2v) is 22.8. The summed E-state index contributed by atoms with van der Waals surface area (Å²) in [6.45, 7) is 91.2. The van der Waals surface area contributed by atoms with E-state index in [-0.39, 0.29) is 7.43 Å². The number of hydrogen-bond acceptors (Lipinski definition) is 11. The van der Waals surface area contributed by atoms with Crippen LogP contribution in [0.4, 0.5) is 0 Å². The topological polar surface area (TPSA) is 65.2 Å². The van der Waals surface area contributed by atoms with Gasteiger partial charge in [0.1, 0.15) is 0 Å². The maximum Gasteiger partial charge on any atom is 0.0993 e. The Hall–Kier alpha value is -0.440. The molecule has 2 N–H and O–H groups in total. The van der Waals surface area contributed by atoms with Crippen LogP contribution in [0.1, 0.15) is 300 Å². The largest absolute Gasteiger partial charge is 0.379 e. The molecule has 8 rings (SSSR count). The molecule has 0 bridgehead atoms. The summed E-state index contributed by atoms with van der Waals surface area (Å²) in [6, 6.07) is 5.09. The summed E-state index contributed by atoms with van der Waals surface area (Å²) in [5.41, 5.74) is 0. The van der Waals surface area contributed by atoms with Gasteiger partial charge in [0.25, 0.3) is 0 Å². The minimum absolute atomic E-state index is 0. The van der Waals surface area contributed by atoms with E-state index < -0.39 is 0 Å². The second-order valence-electron chi connectivity index (χ2n) is 22.8. The summed E-state index contributed by atoms with van der Waals surface area (Å²) in [5.74, 6) is 2.04. The summed E-state index contributed by atoms with van der Waals surface area (Å²) in [4.78, 5) is 17.3. The van der Waals surface area contributed by atoms with Crippen LogP contribution in [0, 0.1) is 11.8 Å². The SMILES string of the molecule is C.CC.CC.CC.CC.CC.CC.CC.CC.CC(C)C1CCC1.CC(C)N1CCCC1.CC(C)N1CCCCC1.CC(C)N1CCCCC1.CC(C)N1CCNC1.CC(C)N1CCNCC1.CC(C)N1CCOC1.CC(C)N1CCOCC1. The van der Waals surface area contributed by atoms with Gasteiger partial charge in [0.05, 0.1) is 26.6 Å². The third-order valence-corrected chi connectivity index (χ3v) is 15.0. The van der Waals surface area contributed by atoms with E-state index in [0.717, 1.165) is 108 Å². The van der Waals surface area contributed by atoms with Crippen molar-refractivity contribution < 1.29 is 9.47 Å². The molecule has 0 aromatic heterocycles. The molecule has 0 aromatic carbocycles. The highest BCUT2D eigenvalue weighted by atomic mass is 16.5. The molecule has 84 heavy (non-hydrogen) atoms. The van der Waals surface area contributed by atoms with Crippen molar-refractivity contribution in [2.24, 2.45) is 11.8 Å². The summed E-state index contributed by atoms with van der Waals surface area (Å²) in [5, 5.41) is 6.61. The van der Waals surface area contributed by atoms with Crippen molar-refractivity contribution in [2.45, 2.75) is 342 Å². The molecule has 11 heteroatoms. The van der Waals surface area contributed by atoms with Crippen molar-refractivity contribution in [2.75, 3.05) is 131 Å². The zero-order chi connectivity index (χ0) is 66.0. The van der Waals surface area contributed by atoms with Gasteiger partial charge in [-0.2, -0.15) is 0 Å². The van der Waals surface area contributed by atoms with E-state index in [2.05, 4.69) is 156 Å². The molecule has 522 valence electrons. The second kappa shape index (κ2) is 80.6. The number of nitrogens with zero attached hydrogens (tertiary/aromatic N) is 7. The van der Waals surface area contributed by atoms with Gasteiger partial charge in [-0.25, -0.2) is 0 Å².